The number of non-ortho nitro benzene ring substituents is 1. The Balaban J connectivity index is 2.05. The van der Waals surface area contributed by atoms with E-state index in [0.717, 1.165) is 24.5 Å². The normalized spacial score (nSPS) is 15.3. The van der Waals surface area contributed by atoms with Crippen LogP contribution in [0.5, 0.6) is 0 Å². The number of rotatable bonds is 6. The highest BCUT2D eigenvalue weighted by atomic mass is 16.6. The Morgan fingerprint density at radius 1 is 1.35 bits per heavy atom. The summed E-state index contributed by atoms with van der Waals surface area (Å²) in [4.78, 5) is 15.1. The largest absolute Gasteiger partial charge is 0.388 e. The Bertz CT molecular complexity index is 472. The highest BCUT2D eigenvalue weighted by Gasteiger charge is 2.14. The molecule has 0 atom stereocenters. The molecule has 20 heavy (non-hydrogen) atoms. The van der Waals surface area contributed by atoms with Crippen molar-refractivity contribution in [2.75, 3.05) is 50.5 Å². The van der Waals surface area contributed by atoms with Crippen LogP contribution >= 0.6 is 0 Å². The van der Waals surface area contributed by atoms with Crippen molar-refractivity contribution in [3.8, 4) is 0 Å². The van der Waals surface area contributed by atoms with Crippen LogP contribution in [0.1, 0.15) is 12.8 Å². The fraction of sp³-hybridized carbons (Fsp3) is 0.571. The lowest BCUT2D eigenvalue weighted by Gasteiger charge is -2.23. The van der Waals surface area contributed by atoms with Crippen LogP contribution in [0.2, 0.25) is 0 Å². The van der Waals surface area contributed by atoms with Gasteiger partial charge in [0.1, 0.15) is 0 Å². The van der Waals surface area contributed by atoms with E-state index < -0.39 is 0 Å². The molecule has 1 aromatic carbocycles. The minimum Gasteiger partial charge on any atom is -0.388 e. The van der Waals surface area contributed by atoms with Gasteiger partial charge >= 0.3 is 0 Å². The molecule has 6 heteroatoms. The summed E-state index contributed by atoms with van der Waals surface area (Å²) in [6, 6.07) is 5.12. The van der Waals surface area contributed by atoms with E-state index >= 15 is 0 Å². The molecular formula is C14H22N4O2. The molecule has 1 fully saturated rings. The second-order valence-electron chi connectivity index (χ2n) is 5.22. The summed E-state index contributed by atoms with van der Waals surface area (Å²) in [5.41, 5.74) is 1.77. The maximum absolute atomic E-state index is 11.0. The van der Waals surface area contributed by atoms with Crippen molar-refractivity contribution >= 4 is 17.1 Å². The zero-order valence-electron chi connectivity index (χ0n) is 12.1. The van der Waals surface area contributed by atoms with Crippen molar-refractivity contribution < 1.29 is 4.92 Å². The molecule has 0 unspecified atom stereocenters. The summed E-state index contributed by atoms with van der Waals surface area (Å²) in [5, 5.41) is 13.9. The van der Waals surface area contributed by atoms with E-state index in [1.165, 1.54) is 25.9 Å². The molecule has 1 heterocycles. The average Bonchev–Trinajstić information content (AvgIpc) is 2.97. The van der Waals surface area contributed by atoms with Gasteiger partial charge in [-0.05, 0) is 32.0 Å². The van der Waals surface area contributed by atoms with Gasteiger partial charge < -0.3 is 15.1 Å². The van der Waals surface area contributed by atoms with Gasteiger partial charge in [0, 0.05) is 50.7 Å². The van der Waals surface area contributed by atoms with Crippen LogP contribution in [-0.4, -0.2) is 50.1 Å². The van der Waals surface area contributed by atoms with Crippen LogP contribution < -0.4 is 10.2 Å². The molecule has 0 spiro atoms. The molecular weight excluding hydrogens is 256 g/mol. The minimum atomic E-state index is -0.349. The summed E-state index contributed by atoms with van der Waals surface area (Å²) in [7, 11) is 3.75. The smallest absolute Gasteiger partial charge is 0.273 e. The highest BCUT2D eigenvalue weighted by molar-refractivity contribution is 5.64. The van der Waals surface area contributed by atoms with Crippen molar-refractivity contribution in [2.24, 2.45) is 0 Å². The average molecular weight is 278 g/mol. The molecule has 2 rings (SSSR count). The first-order valence-electron chi connectivity index (χ1n) is 7.01. The maximum atomic E-state index is 11.0. The molecule has 0 amide bonds. The Morgan fingerprint density at radius 2 is 2.05 bits per heavy atom. The topological polar surface area (TPSA) is 61.6 Å². The van der Waals surface area contributed by atoms with E-state index in [-0.39, 0.29) is 10.6 Å². The van der Waals surface area contributed by atoms with Gasteiger partial charge in [0.2, 0.25) is 0 Å². The van der Waals surface area contributed by atoms with Gasteiger partial charge in [0.05, 0.1) is 4.92 Å². The number of benzene rings is 1. The zero-order chi connectivity index (χ0) is 14.5. The second kappa shape index (κ2) is 6.56. The standard InChI is InChI=1S/C14H22N4O2/c1-15-12-9-13(11-14(10-12)18(19)20)16(2)7-8-17-5-3-4-6-17/h9-11,15H,3-8H2,1-2H3. The molecule has 1 N–H and O–H groups in total. The first-order chi connectivity index (χ1) is 9.60. The van der Waals surface area contributed by atoms with E-state index in [9.17, 15) is 10.1 Å². The Hall–Kier alpha value is -1.82. The second-order valence-corrected chi connectivity index (χ2v) is 5.22. The molecule has 6 nitrogen and oxygen atoms in total. The molecule has 1 aromatic rings. The van der Waals surface area contributed by atoms with Gasteiger partial charge in [-0.25, -0.2) is 0 Å². The molecule has 1 aliphatic rings. The Morgan fingerprint density at radius 3 is 2.65 bits per heavy atom. The Labute approximate surface area is 119 Å². The number of anilines is 2. The van der Waals surface area contributed by atoms with Crippen molar-refractivity contribution in [3.05, 3.63) is 28.3 Å². The van der Waals surface area contributed by atoms with E-state index in [4.69, 9.17) is 0 Å². The summed E-state index contributed by atoms with van der Waals surface area (Å²) in [6.45, 7) is 4.23. The van der Waals surface area contributed by atoms with Gasteiger partial charge in [0.15, 0.2) is 0 Å². The molecule has 0 saturated carbocycles. The van der Waals surface area contributed by atoms with Gasteiger partial charge in [-0.3, -0.25) is 10.1 Å². The molecule has 0 aromatic heterocycles. The number of likely N-dealkylation sites (tertiary alicyclic amines) is 1. The highest BCUT2D eigenvalue weighted by Crippen LogP contribution is 2.26. The number of nitrogens with zero attached hydrogens (tertiary/aromatic N) is 3. The molecule has 1 saturated heterocycles. The molecule has 0 radical (unpaired) electrons. The number of nitro benzene ring substituents is 1. The van der Waals surface area contributed by atoms with Gasteiger partial charge in [-0.1, -0.05) is 0 Å². The van der Waals surface area contributed by atoms with E-state index in [2.05, 4.69) is 15.1 Å². The van der Waals surface area contributed by atoms with E-state index in [1.54, 1.807) is 19.2 Å². The molecule has 0 aliphatic carbocycles. The maximum Gasteiger partial charge on any atom is 0.273 e. The lowest BCUT2D eigenvalue weighted by atomic mass is 10.2. The first kappa shape index (κ1) is 14.6. The van der Waals surface area contributed by atoms with Crippen molar-refractivity contribution in [3.63, 3.8) is 0 Å². The molecule has 0 bridgehead atoms. The zero-order valence-corrected chi connectivity index (χ0v) is 12.1. The number of nitro groups is 1. The van der Waals surface area contributed by atoms with Gasteiger partial charge in [-0.15, -0.1) is 0 Å². The van der Waals surface area contributed by atoms with E-state index in [1.807, 2.05) is 13.1 Å². The van der Waals surface area contributed by atoms with Crippen LogP contribution in [0.3, 0.4) is 0 Å². The van der Waals surface area contributed by atoms with E-state index in [0.29, 0.717) is 0 Å². The minimum absolute atomic E-state index is 0.125. The summed E-state index contributed by atoms with van der Waals surface area (Å²) in [6.07, 6.45) is 2.56. The number of likely N-dealkylation sites (N-methyl/N-ethyl adjacent to an activating group) is 1. The van der Waals surface area contributed by atoms with Crippen molar-refractivity contribution in [1.29, 1.82) is 0 Å². The SMILES string of the molecule is CNc1cc(N(C)CCN2CCCC2)cc([N+](=O)[O-])c1. The lowest BCUT2D eigenvalue weighted by Crippen LogP contribution is -2.31. The summed E-state index contributed by atoms with van der Waals surface area (Å²) >= 11 is 0. The van der Waals surface area contributed by atoms with Crippen LogP contribution in [-0.2, 0) is 0 Å². The fourth-order valence-electron chi connectivity index (χ4n) is 2.49. The number of nitrogens with one attached hydrogen (secondary N) is 1. The van der Waals surface area contributed by atoms with Crippen LogP contribution in [0.4, 0.5) is 17.1 Å². The van der Waals surface area contributed by atoms with Crippen molar-refractivity contribution in [1.82, 2.24) is 4.90 Å². The lowest BCUT2D eigenvalue weighted by molar-refractivity contribution is -0.384. The number of hydrogen-bond donors (Lipinski definition) is 1. The monoisotopic (exact) mass is 278 g/mol. The van der Waals surface area contributed by atoms with Crippen LogP contribution in [0, 0.1) is 10.1 Å². The van der Waals surface area contributed by atoms with Crippen molar-refractivity contribution in [2.45, 2.75) is 12.8 Å². The predicted molar refractivity (Wildman–Crippen MR) is 81.6 cm³/mol. The fourth-order valence-corrected chi connectivity index (χ4v) is 2.49. The van der Waals surface area contributed by atoms with Gasteiger partial charge in [-0.2, -0.15) is 0 Å². The molecule has 110 valence electrons. The Kier molecular flexibility index (Phi) is 4.79. The van der Waals surface area contributed by atoms with Gasteiger partial charge in [0.25, 0.3) is 5.69 Å². The third kappa shape index (κ3) is 3.60. The third-order valence-corrected chi connectivity index (χ3v) is 3.79. The summed E-state index contributed by atoms with van der Waals surface area (Å²) < 4.78 is 0. The molecule has 1 aliphatic heterocycles. The quantitative estimate of drug-likeness (QED) is 0.638. The predicted octanol–water partition coefficient (Wildman–Crippen LogP) is 2.17. The third-order valence-electron chi connectivity index (χ3n) is 3.79. The van der Waals surface area contributed by atoms with Crippen LogP contribution in [0.25, 0.3) is 0 Å². The van der Waals surface area contributed by atoms with Crippen LogP contribution in [0.15, 0.2) is 18.2 Å². The first-order valence-corrected chi connectivity index (χ1v) is 7.01. The number of hydrogen-bond acceptors (Lipinski definition) is 5. The summed E-state index contributed by atoms with van der Waals surface area (Å²) in [5.74, 6) is 0.